The largest absolute Gasteiger partial charge is 0.456 e. The smallest absolute Gasteiger partial charge is 0.329 e. The maximum absolute atomic E-state index is 13.3. The van der Waals surface area contributed by atoms with E-state index in [4.69, 9.17) is 4.74 Å². The van der Waals surface area contributed by atoms with Crippen LogP contribution in [0, 0.1) is 11.6 Å². The predicted octanol–water partition coefficient (Wildman–Crippen LogP) is 3.73. The lowest BCUT2D eigenvalue weighted by Crippen LogP contribution is -2.43. The molecule has 1 N–H and O–H groups in total. The van der Waals surface area contributed by atoms with Crippen LogP contribution in [0.4, 0.5) is 8.78 Å². The van der Waals surface area contributed by atoms with Crippen LogP contribution in [-0.2, 0) is 16.0 Å². The summed E-state index contributed by atoms with van der Waals surface area (Å²) in [4.78, 5) is 37.3. The number of amides is 1. The normalized spacial score (nSPS) is 11.4. The number of rotatable bonds is 8. The molecule has 5 nitrogen and oxygen atoms in total. The minimum Gasteiger partial charge on any atom is -0.456 e. The van der Waals surface area contributed by atoms with Gasteiger partial charge in [0.05, 0.1) is 0 Å². The molecule has 0 saturated carbocycles. The summed E-state index contributed by atoms with van der Waals surface area (Å²) in [6.45, 7) is -0.670. The van der Waals surface area contributed by atoms with E-state index in [0.717, 1.165) is 23.8 Å². The molecule has 0 heterocycles. The molecule has 0 fully saturated rings. The van der Waals surface area contributed by atoms with Gasteiger partial charge in [0.25, 0.3) is 5.91 Å². The van der Waals surface area contributed by atoms with Crippen molar-refractivity contribution in [2.24, 2.45) is 0 Å². The summed E-state index contributed by atoms with van der Waals surface area (Å²) in [6, 6.07) is 19.0. The SMILES string of the molecule is O=C(COC(=O)[C@@H](Cc1ccccc1)NC(=O)c1ccccc1)c1ccc(F)c(F)c1. The van der Waals surface area contributed by atoms with Gasteiger partial charge >= 0.3 is 5.97 Å². The van der Waals surface area contributed by atoms with Gasteiger partial charge in [-0.15, -0.1) is 0 Å². The van der Waals surface area contributed by atoms with Crippen molar-refractivity contribution in [3.63, 3.8) is 0 Å². The lowest BCUT2D eigenvalue weighted by molar-refractivity contribution is -0.144. The molecular formula is C24H19F2NO4. The fraction of sp³-hybridized carbons (Fsp3) is 0.125. The number of Topliss-reactive ketones (excluding diaryl/α,β-unsaturated/α-hetero) is 1. The lowest BCUT2D eigenvalue weighted by Gasteiger charge is -2.18. The molecule has 0 radical (unpaired) electrons. The molecule has 0 aliphatic rings. The number of benzene rings is 3. The minimum absolute atomic E-state index is 0.125. The Morgan fingerprint density at radius 2 is 1.45 bits per heavy atom. The van der Waals surface area contributed by atoms with Gasteiger partial charge < -0.3 is 10.1 Å². The Morgan fingerprint density at radius 1 is 0.806 bits per heavy atom. The highest BCUT2D eigenvalue weighted by Gasteiger charge is 2.24. The summed E-state index contributed by atoms with van der Waals surface area (Å²) in [5.74, 6) is -4.23. The molecule has 31 heavy (non-hydrogen) atoms. The molecule has 0 aromatic heterocycles. The number of nitrogens with one attached hydrogen (secondary N) is 1. The second-order valence-corrected chi connectivity index (χ2v) is 6.74. The molecule has 1 atom stereocenters. The zero-order valence-corrected chi connectivity index (χ0v) is 16.4. The summed E-state index contributed by atoms with van der Waals surface area (Å²) in [7, 11) is 0. The first kappa shape index (κ1) is 21.8. The van der Waals surface area contributed by atoms with E-state index in [1.54, 1.807) is 54.6 Å². The van der Waals surface area contributed by atoms with Gasteiger partial charge in [0.1, 0.15) is 6.04 Å². The van der Waals surface area contributed by atoms with E-state index < -0.39 is 41.9 Å². The standard InChI is InChI=1S/C24H19F2NO4/c25-19-12-11-18(14-20(19)26)22(28)15-31-24(30)21(13-16-7-3-1-4-8-16)27-23(29)17-9-5-2-6-10-17/h1-12,14,21H,13,15H2,(H,27,29)/t21-/m1/s1. The van der Waals surface area contributed by atoms with Gasteiger partial charge in [-0.2, -0.15) is 0 Å². The third-order valence-electron chi connectivity index (χ3n) is 4.50. The van der Waals surface area contributed by atoms with Gasteiger partial charge in [0.15, 0.2) is 24.0 Å². The van der Waals surface area contributed by atoms with Gasteiger partial charge in [0, 0.05) is 17.5 Å². The Bertz CT molecular complexity index is 1070. The van der Waals surface area contributed by atoms with Crippen LogP contribution in [0.15, 0.2) is 78.9 Å². The summed E-state index contributed by atoms with van der Waals surface area (Å²) in [6.07, 6.45) is 0.150. The third kappa shape index (κ3) is 6.05. The molecule has 0 aliphatic carbocycles. The van der Waals surface area contributed by atoms with E-state index in [2.05, 4.69) is 5.32 Å². The van der Waals surface area contributed by atoms with Crippen molar-refractivity contribution < 1.29 is 27.9 Å². The minimum atomic E-state index is -1.17. The average molecular weight is 423 g/mol. The molecular weight excluding hydrogens is 404 g/mol. The Morgan fingerprint density at radius 3 is 2.10 bits per heavy atom. The van der Waals surface area contributed by atoms with E-state index in [0.29, 0.717) is 5.56 Å². The third-order valence-corrected chi connectivity index (χ3v) is 4.50. The van der Waals surface area contributed by atoms with Crippen LogP contribution in [0.3, 0.4) is 0 Å². The first-order valence-corrected chi connectivity index (χ1v) is 9.49. The number of ether oxygens (including phenoxy) is 1. The van der Waals surface area contributed by atoms with Crippen LogP contribution in [-0.4, -0.2) is 30.3 Å². The molecule has 0 aliphatic heterocycles. The van der Waals surface area contributed by atoms with Crippen LogP contribution in [0.1, 0.15) is 26.3 Å². The number of ketones is 1. The highest BCUT2D eigenvalue weighted by molar-refractivity contribution is 5.99. The molecule has 0 spiro atoms. The van der Waals surface area contributed by atoms with Gasteiger partial charge in [0.2, 0.25) is 0 Å². The molecule has 3 rings (SSSR count). The lowest BCUT2D eigenvalue weighted by atomic mass is 10.1. The van der Waals surface area contributed by atoms with Crippen LogP contribution in [0.5, 0.6) is 0 Å². The summed E-state index contributed by atoms with van der Waals surface area (Å²) in [5.41, 5.74) is 1.02. The molecule has 3 aromatic rings. The Balaban J connectivity index is 1.69. The van der Waals surface area contributed by atoms with Gasteiger partial charge in [-0.05, 0) is 35.9 Å². The fourth-order valence-electron chi connectivity index (χ4n) is 2.86. The second kappa shape index (κ2) is 10.2. The van der Waals surface area contributed by atoms with Crippen LogP contribution >= 0.6 is 0 Å². The maximum Gasteiger partial charge on any atom is 0.329 e. The van der Waals surface area contributed by atoms with Crippen molar-refractivity contribution >= 4 is 17.7 Å². The highest BCUT2D eigenvalue weighted by atomic mass is 19.2. The van der Waals surface area contributed by atoms with E-state index >= 15 is 0 Å². The van der Waals surface area contributed by atoms with Gasteiger partial charge in [-0.1, -0.05) is 48.5 Å². The van der Waals surface area contributed by atoms with Crippen molar-refractivity contribution in [2.45, 2.75) is 12.5 Å². The number of halogens is 2. The molecule has 0 saturated heterocycles. The van der Waals surface area contributed by atoms with Crippen molar-refractivity contribution in [1.82, 2.24) is 5.32 Å². The highest BCUT2D eigenvalue weighted by Crippen LogP contribution is 2.11. The van der Waals surface area contributed by atoms with E-state index in [-0.39, 0.29) is 12.0 Å². The van der Waals surface area contributed by atoms with Crippen molar-refractivity contribution in [1.29, 1.82) is 0 Å². The van der Waals surface area contributed by atoms with E-state index in [1.807, 2.05) is 6.07 Å². The number of esters is 1. The number of hydrogen-bond acceptors (Lipinski definition) is 4. The zero-order chi connectivity index (χ0) is 22.2. The number of carbonyl (C=O) groups is 3. The first-order valence-electron chi connectivity index (χ1n) is 9.49. The number of carbonyl (C=O) groups excluding carboxylic acids is 3. The summed E-state index contributed by atoms with van der Waals surface area (Å²) < 4.78 is 31.4. The maximum atomic E-state index is 13.3. The van der Waals surface area contributed by atoms with Crippen LogP contribution in [0.2, 0.25) is 0 Å². The van der Waals surface area contributed by atoms with Crippen molar-refractivity contribution in [3.05, 3.63) is 107 Å². The van der Waals surface area contributed by atoms with Gasteiger partial charge in [-0.3, -0.25) is 9.59 Å². The average Bonchev–Trinajstić information content (AvgIpc) is 2.79. The van der Waals surface area contributed by atoms with E-state index in [9.17, 15) is 23.2 Å². The predicted molar refractivity (Wildman–Crippen MR) is 109 cm³/mol. The van der Waals surface area contributed by atoms with E-state index in [1.165, 1.54) is 0 Å². The van der Waals surface area contributed by atoms with Gasteiger partial charge in [-0.25, -0.2) is 13.6 Å². The topological polar surface area (TPSA) is 72.5 Å². The zero-order valence-electron chi connectivity index (χ0n) is 16.4. The number of hydrogen-bond donors (Lipinski definition) is 1. The Labute approximate surface area is 177 Å². The molecule has 1 amide bonds. The molecule has 158 valence electrons. The van der Waals surface area contributed by atoms with Crippen molar-refractivity contribution in [3.8, 4) is 0 Å². The van der Waals surface area contributed by atoms with Crippen LogP contribution in [0.25, 0.3) is 0 Å². The fourth-order valence-corrected chi connectivity index (χ4v) is 2.86. The molecule has 0 bridgehead atoms. The molecule has 3 aromatic carbocycles. The Kier molecular flexibility index (Phi) is 7.22. The van der Waals surface area contributed by atoms with Crippen molar-refractivity contribution in [2.75, 3.05) is 6.61 Å². The summed E-state index contributed by atoms with van der Waals surface area (Å²) >= 11 is 0. The summed E-state index contributed by atoms with van der Waals surface area (Å²) in [5, 5.41) is 2.63. The monoisotopic (exact) mass is 423 g/mol. The van der Waals surface area contributed by atoms with Crippen LogP contribution < -0.4 is 5.32 Å². The Hall–Kier alpha value is -3.87. The molecule has 7 heteroatoms. The second-order valence-electron chi connectivity index (χ2n) is 6.74. The quantitative estimate of drug-likeness (QED) is 0.443. The molecule has 0 unspecified atom stereocenters. The first-order chi connectivity index (χ1) is 14.9.